The molecule has 166 valence electrons. The number of aromatic nitrogens is 1. The number of hydrogen-bond acceptors (Lipinski definition) is 7. The smallest absolute Gasteiger partial charge is 0.316 e. The molecule has 2 amide bonds. The van der Waals surface area contributed by atoms with Gasteiger partial charge in [-0.25, -0.2) is 4.98 Å². The zero-order valence-electron chi connectivity index (χ0n) is 17.3. The number of benzene rings is 2. The number of nitrogens with zero attached hydrogens (tertiary/aromatic N) is 1. The second-order valence-corrected chi connectivity index (χ2v) is 9.70. The molecule has 0 radical (unpaired) electrons. The van der Waals surface area contributed by atoms with E-state index in [1.807, 2.05) is 24.3 Å². The fraction of sp³-hybridized carbons (Fsp3) is 0.304. The van der Waals surface area contributed by atoms with Gasteiger partial charge in [-0.2, -0.15) is 0 Å². The van der Waals surface area contributed by atoms with E-state index in [1.54, 1.807) is 24.3 Å². The summed E-state index contributed by atoms with van der Waals surface area (Å²) in [5.74, 6) is -1.15. The Balaban J connectivity index is 1.25. The lowest BCUT2D eigenvalue weighted by Crippen LogP contribution is -2.33. The topological polar surface area (TPSA) is 97.4 Å². The van der Waals surface area contributed by atoms with Crippen molar-refractivity contribution in [3.63, 3.8) is 0 Å². The lowest BCUT2D eigenvalue weighted by molar-refractivity contribution is -0.144. The summed E-state index contributed by atoms with van der Waals surface area (Å²) in [4.78, 5) is 41.4. The predicted octanol–water partition coefficient (Wildman–Crippen LogP) is 4.24. The van der Waals surface area contributed by atoms with E-state index >= 15 is 0 Å². The van der Waals surface area contributed by atoms with Crippen molar-refractivity contribution in [1.29, 1.82) is 0 Å². The minimum Gasteiger partial charge on any atom is -0.455 e. The Morgan fingerprint density at radius 1 is 1.06 bits per heavy atom. The highest BCUT2D eigenvalue weighted by Crippen LogP contribution is 2.29. The molecule has 0 saturated heterocycles. The molecule has 0 atom stereocenters. The van der Waals surface area contributed by atoms with Gasteiger partial charge in [-0.3, -0.25) is 14.4 Å². The van der Waals surface area contributed by atoms with Gasteiger partial charge in [0.1, 0.15) is 0 Å². The van der Waals surface area contributed by atoms with E-state index in [4.69, 9.17) is 4.74 Å². The van der Waals surface area contributed by atoms with Gasteiger partial charge in [-0.05, 0) is 37.1 Å². The molecule has 1 aromatic heterocycles. The summed E-state index contributed by atoms with van der Waals surface area (Å²) in [6, 6.07) is 14.8. The van der Waals surface area contributed by atoms with Crippen molar-refractivity contribution in [2.24, 2.45) is 0 Å². The Morgan fingerprint density at radius 2 is 1.81 bits per heavy atom. The van der Waals surface area contributed by atoms with E-state index in [2.05, 4.69) is 15.6 Å². The maximum atomic E-state index is 12.6. The SMILES string of the molecule is O=C(COC(=O)CSc1nc2ccccc2s1)Nc1ccccc1C(=O)NC1CCCC1. The number of fused-ring (bicyclic) bond motifs is 1. The Hall–Kier alpha value is -2.91. The standard InChI is InChI=1S/C23H23N3O4S2/c27-20(13-30-21(28)14-31-23-26-18-11-5-6-12-19(18)32-23)25-17-10-4-3-9-16(17)22(29)24-15-7-1-2-8-15/h3-6,9-12,15H,1-2,7-8,13-14H2,(H,24,29)(H,25,27). The Kier molecular flexibility index (Phi) is 7.39. The van der Waals surface area contributed by atoms with Crippen LogP contribution in [0.3, 0.4) is 0 Å². The summed E-state index contributed by atoms with van der Waals surface area (Å²) in [6.45, 7) is -0.419. The summed E-state index contributed by atoms with van der Waals surface area (Å²) in [6.07, 6.45) is 4.19. The molecule has 0 spiro atoms. The van der Waals surface area contributed by atoms with Crippen molar-refractivity contribution >= 4 is 56.8 Å². The molecule has 3 aromatic rings. The largest absolute Gasteiger partial charge is 0.455 e. The highest BCUT2D eigenvalue weighted by atomic mass is 32.2. The Morgan fingerprint density at radius 3 is 2.62 bits per heavy atom. The van der Waals surface area contributed by atoms with Crippen LogP contribution in [0.1, 0.15) is 36.0 Å². The van der Waals surface area contributed by atoms with Crippen molar-refractivity contribution < 1.29 is 19.1 Å². The minimum absolute atomic E-state index is 0.0630. The van der Waals surface area contributed by atoms with Gasteiger partial charge in [0, 0.05) is 6.04 Å². The maximum absolute atomic E-state index is 12.6. The number of carbonyl (C=O) groups excluding carboxylic acids is 3. The van der Waals surface area contributed by atoms with Gasteiger partial charge in [0.25, 0.3) is 11.8 Å². The number of hydrogen-bond donors (Lipinski definition) is 2. The van der Waals surface area contributed by atoms with Crippen molar-refractivity contribution in [2.75, 3.05) is 17.7 Å². The second kappa shape index (κ2) is 10.6. The van der Waals surface area contributed by atoms with Crippen LogP contribution in [-0.4, -0.2) is 41.2 Å². The molecule has 32 heavy (non-hydrogen) atoms. The lowest BCUT2D eigenvalue weighted by Gasteiger charge is -2.15. The first-order valence-electron chi connectivity index (χ1n) is 10.4. The van der Waals surface area contributed by atoms with E-state index < -0.39 is 18.5 Å². The molecular formula is C23H23N3O4S2. The molecule has 0 aliphatic heterocycles. The predicted molar refractivity (Wildman–Crippen MR) is 126 cm³/mol. The number of carbonyl (C=O) groups is 3. The van der Waals surface area contributed by atoms with E-state index in [0.717, 1.165) is 40.2 Å². The van der Waals surface area contributed by atoms with Gasteiger partial charge < -0.3 is 15.4 Å². The van der Waals surface area contributed by atoms with Crippen LogP contribution in [0.5, 0.6) is 0 Å². The van der Waals surface area contributed by atoms with Gasteiger partial charge in [-0.15, -0.1) is 11.3 Å². The highest BCUT2D eigenvalue weighted by molar-refractivity contribution is 8.01. The van der Waals surface area contributed by atoms with E-state index in [0.29, 0.717) is 11.3 Å². The molecule has 1 fully saturated rings. The molecule has 7 nitrogen and oxygen atoms in total. The van der Waals surface area contributed by atoms with Crippen LogP contribution in [0.15, 0.2) is 52.9 Å². The number of anilines is 1. The second-order valence-electron chi connectivity index (χ2n) is 7.45. The van der Waals surface area contributed by atoms with Crippen molar-refractivity contribution in [3.8, 4) is 0 Å². The molecular weight excluding hydrogens is 446 g/mol. The number of thiazole rings is 1. The number of rotatable bonds is 8. The van der Waals surface area contributed by atoms with Gasteiger partial charge in [0.15, 0.2) is 10.9 Å². The van der Waals surface area contributed by atoms with Crippen molar-refractivity contribution in [2.45, 2.75) is 36.1 Å². The number of para-hydroxylation sites is 2. The zero-order valence-corrected chi connectivity index (χ0v) is 19.0. The first-order valence-corrected chi connectivity index (χ1v) is 12.2. The number of nitrogens with one attached hydrogen (secondary N) is 2. The first kappa shape index (κ1) is 22.3. The summed E-state index contributed by atoms with van der Waals surface area (Å²) < 4.78 is 6.91. The van der Waals surface area contributed by atoms with Gasteiger partial charge in [0.05, 0.1) is 27.2 Å². The van der Waals surface area contributed by atoms with Gasteiger partial charge >= 0.3 is 5.97 Å². The maximum Gasteiger partial charge on any atom is 0.316 e. The van der Waals surface area contributed by atoms with Crippen LogP contribution < -0.4 is 10.6 Å². The van der Waals surface area contributed by atoms with Gasteiger partial charge in [-0.1, -0.05) is 48.9 Å². The molecule has 0 bridgehead atoms. The molecule has 2 aromatic carbocycles. The first-order chi connectivity index (χ1) is 15.6. The molecule has 1 saturated carbocycles. The molecule has 1 aliphatic carbocycles. The molecule has 9 heteroatoms. The number of esters is 1. The monoisotopic (exact) mass is 469 g/mol. The quantitative estimate of drug-likeness (QED) is 0.378. The van der Waals surface area contributed by atoms with Crippen molar-refractivity contribution in [3.05, 3.63) is 54.1 Å². The minimum atomic E-state index is -0.503. The third-order valence-corrected chi connectivity index (χ3v) is 7.24. The summed E-state index contributed by atoms with van der Waals surface area (Å²) in [5, 5.41) is 5.69. The van der Waals surface area contributed by atoms with Crippen LogP contribution >= 0.6 is 23.1 Å². The molecule has 0 unspecified atom stereocenters. The van der Waals surface area contributed by atoms with Crippen LogP contribution in [0.2, 0.25) is 0 Å². The van der Waals surface area contributed by atoms with Crippen LogP contribution in [-0.2, 0) is 14.3 Å². The third kappa shape index (κ3) is 5.86. The number of ether oxygens (including phenoxy) is 1. The summed E-state index contributed by atoms with van der Waals surface area (Å²) in [5.41, 5.74) is 1.68. The van der Waals surface area contributed by atoms with Crippen LogP contribution in [0.25, 0.3) is 10.2 Å². The zero-order chi connectivity index (χ0) is 22.3. The summed E-state index contributed by atoms with van der Waals surface area (Å²) >= 11 is 2.79. The fourth-order valence-electron chi connectivity index (χ4n) is 3.53. The Labute approximate surface area is 193 Å². The Bertz CT molecular complexity index is 1090. The molecule has 2 N–H and O–H groups in total. The van der Waals surface area contributed by atoms with Crippen molar-refractivity contribution in [1.82, 2.24) is 10.3 Å². The molecule has 4 rings (SSSR count). The third-order valence-electron chi connectivity index (χ3n) is 5.09. The van der Waals surface area contributed by atoms with E-state index in [9.17, 15) is 14.4 Å². The average molecular weight is 470 g/mol. The number of amides is 2. The normalized spacial score (nSPS) is 13.8. The van der Waals surface area contributed by atoms with E-state index in [1.165, 1.54) is 23.1 Å². The lowest BCUT2D eigenvalue weighted by atomic mass is 10.1. The average Bonchev–Trinajstić information content (AvgIpc) is 3.46. The van der Waals surface area contributed by atoms with Gasteiger partial charge in [0.2, 0.25) is 0 Å². The summed E-state index contributed by atoms with van der Waals surface area (Å²) in [7, 11) is 0. The highest BCUT2D eigenvalue weighted by Gasteiger charge is 2.20. The molecule has 1 heterocycles. The van der Waals surface area contributed by atoms with Crippen LogP contribution in [0.4, 0.5) is 5.69 Å². The van der Waals surface area contributed by atoms with E-state index in [-0.39, 0.29) is 17.7 Å². The number of thioether (sulfide) groups is 1. The molecule has 1 aliphatic rings. The fourth-order valence-corrected chi connectivity index (χ4v) is 5.40. The van der Waals surface area contributed by atoms with Crippen LogP contribution in [0, 0.1) is 0 Å².